The fraction of sp³-hybridized carbons (Fsp3) is 0.455. The molecule has 0 amide bonds. The van der Waals surface area contributed by atoms with Gasteiger partial charge in [0.15, 0.2) is 0 Å². The smallest absolute Gasteiger partial charge is 0.258 e. The first kappa shape index (κ1) is 15.1. The van der Waals surface area contributed by atoms with E-state index in [1.54, 1.807) is 12.1 Å². The number of nitrogens with zero attached hydrogens (tertiary/aromatic N) is 1. The van der Waals surface area contributed by atoms with Gasteiger partial charge in [0.1, 0.15) is 0 Å². The maximum atomic E-state index is 11.0. The van der Waals surface area contributed by atoms with Gasteiger partial charge >= 0.3 is 0 Å². The van der Waals surface area contributed by atoms with Crippen LogP contribution in [0.2, 0.25) is 0 Å². The molecular weight excluding hydrogens is 310 g/mol. The highest BCUT2D eigenvalue weighted by Crippen LogP contribution is 2.66. The van der Waals surface area contributed by atoms with Crippen molar-refractivity contribution in [3.8, 4) is 0 Å². The van der Waals surface area contributed by atoms with E-state index in [1.165, 1.54) is 49.7 Å². The zero-order valence-corrected chi connectivity index (χ0v) is 14.4. The van der Waals surface area contributed by atoms with Gasteiger partial charge in [0, 0.05) is 12.1 Å². The van der Waals surface area contributed by atoms with Crippen LogP contribution in [-0.4, -0.2) is 4.92 Å². The minimum absolute atomic E-state index is 0.200. The third kappa shape index (κ3) is 2.25. The summed E-state index contributed by atoms with van der Waals surface area (Å²) < 4.78 is 0. The molecule has 0 saturated heterocycles. The second-order valence-corrected chi connectivity index (χ2v) is 8.69. The third-order valence-electron chi connectivity index (χ3n) is 7.14. The molecule has 2 aromatic carbocycles. The minimum atomic E-state index is -0.297. The molecule has 0 heterocycles. The topological polar surface area (TPSA) is 43.1 Å². The lowest BCUT2D eigenvalue weighted by Crippen LogP contribution is -2.55. The van der Waals surface area contributed by atoms with Crippen LogP contribution in [0.3, 0.4) is 0 Å². The maximum absolute atomic E-state index is 11.0. The fourth-order valence-corrected chi connectivity index (χ4v) is 6.67. The quantitative estimate of drug-likeness (QED) is 0.559. The largest absolute Gasteiger partial charge is 0.269 e. The van der Waals surface area contributed by atoms with Crippen LogP contribution in [0.1, 0.15) is 49.7 Å². The van der Waals surface area contributed by atoms with E-state index in [1.807, 2.05) is 12.1 Å². The van der Waals surface area contributed by atoms with Crippen molar-refractivity contribution < 1.29 is 4.92 Å². The first-order chi connectivity index (χ1) is 12.1. The van der Waals surface area contributed by atoms with E-state index in [4.69, 9.17) is 0 Å². The van der Waals surface area contributed by atoms with E-state index in [-0.39, 0.29) is 16.0 Å². The number of hydrogen-bond acceptors (Lipinski definition) is 2. The lowest BCUT2D eigenvalue weighted by atomic mass is 9.42. The Hall–Kier alpha value is -2.16. The van der Waals surface area contributed by atoms with Gasteiger partial charge in [0.05, 0.1) is 4.92 Å². The molecular formula is C22H23NO2. The van der Waals surface area contributed by atoms with Crippen molar-refractivity contribution in [1.29, 1.82) is 0 Å². The number of nitro benzene ring substituents is 1. The zero-order valence-electron chi connectivity index (χ0n) is 14.4. The molecule has 0 aliphatic heterocycles. The molecule has 0 aromatic heterocycles. The summed E-state index contributed by atoms with van der Waals surface area (Å²) in [6, 6.07) is 18.5. The summed E-state index contributed by atoms with van der Waals surface area (Å²) in [6.45, 7) is 0. The van der Waals surface area contributed by atoms with E-state index in [0.717, 1.165) is 11.8 Å². The normalized spacial score (nSPS) is 35.7. The van der Waals surface area contributed by atoms with Crippen molar-refractivity contribution in [2.24, 2.45) is 11.8 Å². The monoisotopic (exact) mass is 333 g/mol. The van der Waals surface area contributed by atoms with Crippen molar-refractivity contribution >= 4 is 5.69 Å². The summed E-state index contributed by atoms with van der Waals surface area (Å²) in [5, 5.41) is 11.0. The van der Waals surface area contributed by atoms with Crippen molar-refractivity contribution in [1.82, 2.24) is 0 Å². The van der Waals surface area contributed by atoms with Gasteiger partial charge in [-0.05, 0) is 72.3 Å². The molecule has 4 saturated carbocycles. The van der Waals surface area contributed by atoms with E-state index in [2.05, 4.69) is 30.3 Å². The number of non-ortho nitro benzene ring substituents is 1. The summed E-state index contributed by atoms with van der Waals surface area (Å²) in [6.07, 6.45) is 7.74. The average molecular weight is 333 g/mol. The molecule has 25 heavy (non-hydrogen) atoms. The Labute approximate surface area is 148 Å². The molecule has 128 valence electrons. The molecule has 3 nitrogen and oxygen atoms in total. The summed E-state index contributed by atoms with van der Waals surface area (Å²) in [7, 11) is 0. The van der Waals surface area contributed by atoms with Crippen LogP contribution < -0.4 is 0 Å². The minimum Gasteiger partial charge on any atom is -0.258 e. The number of nitro groups is 1. The van der Waals surface area contributed by atoms with Gasteiger partial charge in [-0.1, -0.05) is 42.5 Å². The van der Waals surface area contributed by atoms with Gasteiger partial charge in [0.25, 0.3) is 5.69 Å². The Kier molecular flexibility index (Phi) is 3.13. The average Bonchev–Trinajstić information content (AvgIpc) is 2.61. The zero-order chi connectivity index (χ0) is 17.1. The van der Waals surface area contributed by atoms with Gasteiger partial charge in [-0.15, -0.1) is 0 Å². The molecule has 0 radical (unpaired) electrons. The molecule has 0 N–H and O–H groups in total. The van der Waals surface area contributed by atoms with E-state index < -0.39 is 0 Å². The lowest BCUT2D eigenvalue weighted by Gasteiger charge is -2.62. The first-order valence-corrected chi connectivity index (χ1v) is 9.39. The van der Waals surface area contributed by atoms with E-state index in [9.17, 15) is 10.1 Å². The number of hydrogen-bond donors (Lipinski definition) is 0. The third-order valence-corrected chi connectivity index (χ3v) is 7.14. The van der Waals surface area contributed by atoms with Crippen LogP contribution in [0.25, 0.3) is 0 Å². The highest BCUT2D eigenvalue weighted by molar-refractivity contribution is 5.41. The van der Waals surface area contributed by atoms with Gasteiger partial charge < -0.3 is 0 Å². The molecule has 4 atom stereocenters. The van der Waals surface area contributed by atoms with Crippen molar-refractivity contribution in [3.63, 3.8) is 0 Å². The molecule has 3 heteroatoms. The van der Waals surface area contributed by atoms with Crippen LogP contribution in [0.15, 0.2) is 54.6 Å². The standard InChI is InChI=1S/C22H23NO2/c24-23(25)20-8-6-19(7-9-20)22-13-16-10-17(14-22)12-21(11-16,15-22)18-4-2-1-3-5-18/h1-9,16-17H,10-15H2/t16-,17+,21?,22?. The van der Waals surface area contributed by atoms with E-state index in [0.29, 0.717) is 5.41 Å². The van der Waals surface area contributed by atoms with Crippen molar-refractivity contribution in [2.75, 3.05) is 0 Å². The van der Waals surface area contributed by atoms with Gasteiger partial charge in [-0.3, -0.25) is 10.1 Å². The van der Waals surface area contributed by atoms with Crippen LogP contribution in [0, 0.1) is 22.0 Å². The summed E-state index contributed by atoms with van der Waals surface area (Å²) >= 11 is 0. The summed E-state index contributed by atoms with van der Waals surface area (Å²) in [4.78, 5) is 10.7. The fourth-order valence-electron chi connectivity index (χ4n) is 6.67. The van der Waals surface area contributed by atoms with Gasteiger partial charge in [-0.2, -0.15) is 0 Å². The van der Waals surface area contributed by atoms with Gasteiger partial charge in [0.2, 0.25) is 0 Å². The molecule has 2 unspecified atom stereocenters. The second-order valence-electron chi connectivity index (χ2n) is 8.69. The van der Waals surface area contributed by atoms with Crippen molar-refractivity contribution in [3.05, 3.63) is 75.8 Å². The Morgan fingerprint density at radius 2 is 1.32 bits per heavy atom. The molecule has 2 aromatic rings. The highest BCUT2D eigenvalue weighted by Gasteiger charge is 2.58. The summed E-state index contributed by atoms with van der Waals surface area (Å²) in [5.74, 6) is 1.60. The molecule has 4 aliphatic rings. The number of rotatable bonds is 3. The van der Waals surface area contributed by atoms with Crippen LogP contribution in [0.4, 0.5) is 5.69 Å². The van der Waals surface area contributed by atoms with Crippen molar-refractivity contribution in [2.45, 2.75) is 49.4 Å². The summed E-state index contributed by atoms with van der Waals surface area (Å²) in [5.41, 5.74) is 3.57. The Morgan fingerprint density at radius 3 is 1.84 bits per heavy atom. The van der Waals surface area contributed by atoms with Crippen LogP contribution in [-0.2, 0) is 10.8 Å². The number of benzene rings is 2. The van der Waals surface area contributed by atoms with E-state index >= 15 is 0 Å². The predicted molar refractivity (Wildman–Crippen MR) is 97.6 cm³/mol. The van der Waals surface area contributed by atoms with Crippen LogP contribution >= 0.6 is 0 Å². The maximum Gasteiger partial charge on any atom is 0.269 e. The molecule has 4 bridgehead atoms. The molecule has 6 rings (SSSR count). The molecule has 0 spiro atoms. The van der Waals surface area contributed by atoms with Crippen LogP contribution in [0.5, 0.6) is 0 Å². The Balaban J connectivity index is 1.57. The lowest BCUT2D eigenvalue weighted by molar-refractivity contribution is -0.384. The Bertz CT molecular complexity index is 798. The SMILES string of the molecule is O=[N+]([O-])c1ccc(C23C[C@@H]4C[C@@H](CC(c5ccccc5)(C4)C2)C3)cc1. The van der Waals surface area contributed by atoms with Gasteiger partial charge in [-0.25, -0.2) is 0 Å². The highest BCUT2D eigenvalue weighted by atomic mass is 16.6. The Morgan fingerprint density at radius 1 is 0.800 bits per heavy atom. The first-order valence-electron chi connectivity index (χ1n) is 9.39. The second kappa shape index (κ2) is 5.17. The molecule has 4 aliphatic carbocycles. The predicted octanol–water partition coefficient (Wildman–Crippen LogP) is 5.38. The molecule has 4 fully saturated rings.